The highest BCUT2D eigenvalue weighted by Crippen LogP contribution is 2.07. The molecule has 0 amide bonds. The zero-order valence-electron chi connectivity index (χ0n) is 11.0. The van der Waals surface area contributed by atoms with Crippen molar-refractivity contribution in [3.05, 3.63) is 36.4 Å². The van der Waals surface area contributed by atoms with Gasteiger partial charge in [0.1, 0.15) is 5.78 Å². The van der Waals surface area contributed by atoms with Crippen molar-refractivity contribution in [3.8, 4) is 0 Å². The second kappa shape index (κ2) is 8.05. The van der Waals surface area contributed by atoms with Gasteiger partial charge in [-0.1, -0.05) is 43.3 Å². The van der Waals surface area contributed by atoms with E-state index in [4.69, 9.17) is 0 Å². The molecule has 90 valence electrons. The highest BCUT2D eigenvalue weighted by atomic mass is 16.1. The van der Waals surface area contributed by atoms with Crippen LogP contribution in [-0.2, 0) is 4.79 Å². The molecule has 16 heavy (non-hydrogen) atoms. The molecule has 1 aromatic rings. The highest BCUT2D eigenvalue weighted by molar-refractivity contribution is 5.78. The van der Waals surface area contributed by atoms with E-state index in [1.54, 1.807) is 6.92 Å². The fourth-order valence-electron chi connectivity index (χ4n) is 1.17. The summed E-state index contributed by atoms with van der Waals surface area (Å²) in [6.45, 7) is 5.67. The molecule has 2 nitrogen and oxygen atoms in total. The zero-order chi connectivity index (χ0) is 12.6. The SMILES string of the molecule is CC(=O)C(C)C(C)N(C)C.c1ccccc1. The lowest BCUT2D eigenvalue weighted by Gasteiger charge is -2.24. The van der Waals surface area contributed by atoms with Gasteiger partial charge >= 0.3 is 0 Å². The summed E-state index contributed by atoms with van der Waals surface area (Å²) in [5.74, 6) is 0.413. The number of hydrogen-bond acceptors (Lipinski definition) is 2. The number of hydrogen-bond donors (Lipinski definition) is 0. The number of nitrogens with zero attached hydrogens (tertiary/aromatic N) is 1. The van der Waals surface area contributed by atoms with E-state index in [2.05, 4.69) is 11.8 Å². The first kappa shape index (κ1) is 14.8. The quantitative estimate of drug-likeness (QED) is 0.782. The van der Waals surface area contributed by atoms with E-state index in [1.165, 1.54) is 0 Å². The van der Waals surface area contributed by atoms with Crippen LogP contribution in [0.4, 0.5) is 0 Å². The Morgan fingerprint density at radius 3 is 1.38 bits per heavy atom. The lowest BCUT2D eigenvalue weighted by atomic mass is 9.99. The molecule has 0 saturated carbocycles. The minimum Gasteiger partial charge on any atom is -0.306 e. The van der Waals surface area contributed by atoms with Gasteiger partial charge in [-0.2, -0.15) is 0 Å². The Kier molecular flexibility index (Phi) is 7.48. The van der Waals surface area contributed by atoms with Crippen LogP contribution in [0.5, 0.6) is 0 Å². The van der Waals surface area contributed by atoms with Crippen molar-refractivity contribution in [2.45, 2.75) is 26.8 Å². The van der Waals surface area contributed by atoms with Crippen LogP contribution >= 0.6 is 0 Å². The molecule has 0 N–H and O–H groups in total. The monoisotopic (exact) mass is 221 g/mol. The van der Waals surface area contributed by atoms with Crippen LogP contribution in [0, 0.1) is 5.92 Å². The lowest BCUT2D eigenvalue weighted by Crippen LogP contribution is -2.34. The van der Waals surface area contributed by atoms with Crippen molar-refractivity contribution >= 4 is 5.78 Å². The molecule has 0 aliphatic rings. The lowest BCUT2D eigenvalue weighted by molar-refractivity contribution is -0.121. The number of Topliss-reactive ketones (excluding diaryl/α,β-unsaturated/α-hetero) is 1. The van der Waals surface area contributed by atoms with E-state index in [0.717, 1.165) is 0 Å². The Hall–Kier alpha value is -1.15. The minimum atomic E-state index is 0.148. The Labute approximate surface area is 99.3 Å². The topological polar surface area (TPSA) is 20.3 Å². The summed E-state index contributed by atoms with van der Waals surface area (Å²) >= 11 is 0. The van der Waals surface area contributed by atoms with E-state index < -0.39 is 0 Å². The summed E-state index contributed by atoms with van der Waals surface area (Å²) in [6.07, 6.45) is 0. The average Bonchev–Trinajstić information content (AvgIpc) is 2.30. The van der Waals surface area contributed by atoms with Crippen LogP contribution < -0.4 is 0 Å². The number of carbonyl (C=O) groups is 1. The van der Waals surface area contributed by atoms with E-state index >= 15 is 0 Å². The van der Waals surface area contributed by atoms with E-state index in [-0.39, 0.29) is 11.7 Å². The molecule has 1 rings (SSSR count). The third kappa shape index (κ3) is 6.36. The molecule has 0 heterocycles. The van der Waals surface area contributed by atoms with Crippen molar-refractivity contribution in [2.75, 3.05) is 14.1 Å². The van der Waals surface area contributed by atoms with Gasteiger partial charge in [-0.15, -0.1) is 0 Å². The molecule has 0 aliphatic carbocycles. The largest absolute Gasteiger partial charge is 0.306 e. The molecule has 0 bridgehead atoms. The van der Waals surface area contributed by atoms with Crippen molar-refractivity contribution in [1.29, 1.82) is 0 Å². The molecule has 0 spiro atoms. The molecule has 2 heteroatoms. The maximum atomic E-state index is 10.9. The molecule has 0 saturated heterocycles. The molecule has 2 unspecified atom stereocenters. The Bertz CT molecular complexity index is 255. The van der Waals surface area contributed by atoms with E-state index in [1.807, 2.05) is 57.4 Å². The number of carbonyl (C=O) groups excluding carboxylic acids is 1. The predicted molar refractivity (Wildman–Crippen MR) is 69.4 cm³/mol. The smallest absolute Gasteiger partial charge is 0.134 e. The van der Waals surface area contributed by atoms with Crippen LogP contribution in [0.1, 0.15) is 20.8 Å². The Morgan fingerprint density at radius 1 is 0.938 bits per heavy atom. The van der Waals surface area contributed by atoms with Gasteiger partial charge < -0.3 is 4.90 Å². The van der Waals surface area contributed by atoms with Gasteiger partial charge in [-0.3, -0.25) is 4.79 Å². The molecule has 1 aromatic carbocycles. The Balaban J connectivity index is 0.000000315. The van der Waals surface area contributed by atoms with Crippen molar-refractivity contribution in [1.82, 2.24) is 4.90 Å². The van der Waals surface area contributed by atoms with Crippen LogP contribution in [0.3, 0.4) is 0 Å². The first-order valence-corrected chi connectivity index (χ1v) is 5.63. The average molecular weight is 221 g/mol. The van der Waals surface area contributed by atoms with Gasteiger partial charge in [0.25, 0.3) is 0 Å². The van der Waals surface area contributed by atoms with Crippen LogP contribution in [0.25, 0.3) is 0 Å². The minimum absolute atomic E-state index is 0.148. The molecule has 0 radical (unpaired) electrons. The summed E-state index contributed by atoms with van der Waals surface area (Å²) in [5, 5.41) is 0. The number of benzene rings is 1. The van der Waals surface area contributed by atoms with Crippen LogP contribution in [-0.4, -0.2) is 30.8 Å². The second-order valence-corrected chi connectivity index (χ2v) is 4.26. The molecule has 0 aromatic heterocycles. The molecular weight excluding hydrogens is 198 g/mol. The fourth-order valence-corrected chi connectivity index (χ4v) is 1.17. The van der Waals surface area contributed by atoms with Crippen LogP contribution in [0.15, 0.2) is 36.4 Å². The van der Waals surface area contributed by atoms with Gasteiger partial charge in [0.05, 0.1) is 0 Å². The summed E-state index contributed by atoms with van der Waals surface area (Å²) in [7, 11) is 3.98. The number of rotatable bonds is 3. The third-order valence-corrected chi connectivity index (χ3v) is 2.85. The fraction of sp³-hybridized carbons (Fsp3) is 0.500. The normalized spacial score (nSPS) is 13.6. The first-order chi connectivity index (χ1) is 7.46. The summed E-state index contributed by atoms with van der Waals surface area (Å²) in [4.78, 5) is 12.9. The zero-order valence-corrected chi connectivity index (χ0v) is 11.0. The maximum absolute atomic E-state index is 10.9. The standard InChI is InChI=1S/C8H17NO.C6H6/c1-6(8(3)10)7(2)9(4)5;1-2-4-6-5-3-1/h6-7H,1-5H3;1-6H. The van der Waals surface area contributed by atoms with Gasteiger partial charge in [0.2, 0.25) is 0 Å². The summed E-state index contributed by atoms with van der Waals surface area (Å²) < 4.78 is 0. The molecule has 0 fully saturated rings. The maximum Gasteiger partial charge on any atom is 0.134 e. The van der Waals surface area contributed by atoms with Crippen LogP contribution in [0.2, 0.25) is 0 Å². The van der Waals surface area contributed by atoms with Gasteiger partial charge in [-0.25, -0.2) is 0 Å². The van der Waals surface area contributed by atoms with Gasteiger partial charge in [-0.05, 0) is 27.9 Å². The molecule has 0 aliphatic heterocycles. The molecular formula is C14H23NO. The summed E-state index contributed by atoms with van der Waals surface area (Å²) in [6, 6.07) is 12.3. The first-order valence-electron chi connectivity index (χ1n) is 5.63. The molecule has 2 atom stereocenters. The Morgan fingerprint density at radius 2 is 1.25 bits per heavy atom. The predicted octanol–water partition coefficient (Wildman–Crippen LogP) is 2.85. The second-order valence-electron chi connectivity index (χ2n) is 4.26. The third-order valence-electron chi connectivity index (χ3n) is 2.85. The van der Waals surface area contributed by atoms with Crippen molar-refractivity contribution < 1.29 is 4.79 Å². The number of ketones is 1. The van der Waals surface area contributed by atoms with Crippen molar-refractivity contribution in [2.24, 2.45) is 5.92 Å². The van der Waals surface area contributed by atoms with Crippen molar-refractivity contribution in [3.63, 3.8) is 0 Å². The van der Waals surface area contributed by atoms with E-state index in [0.29, 0.717) is 6.04 Å². The highest BCUT2D eigenvalue weighted by Gasteiger charge is 2.17. The summed E-state index contributed by atoms with van der Waals surface area (Å²) in [5.41, 5.74) is 0. The van der Waals surface area contributed by atoms with E-state index in [9.17, 15) is 4.79 Å². The van der Waals surface area contributed by atoms with Gasteiger partial charge in [0, 0.05) is 12.0 Å². The van der Waals surface area contributed by atoms with Gasteiger partial charge in [0.15, 0.2) is 0 Å².